The second kappa shape index (κ2) is 5.48. The second-order valence-corrected chi connectivity index (χ2v) is 3.52. The average Bonchev–Trinajstić information content (AvgIpc) is 2.20. The lowest BCUT2D eigenvalue weighted by Crippen LogP contribution is -2.18. The van der Waals surface area contributed by atoms with E-state index in [9.17, 15) is 9.59 Å². The van der Waals surface area contributed by atoms with Gasteiger partial charge in [0.2, 0.25) is 5.91 Å². The number of nitrogens with two attached hydrogens (primary N) is 1. The number of benzene rings is 1. The van der Waals surface area contributed by atoms with Crippen LogP contribution in [0.5, 0.6) is 0 Å². The van der Waals surface area contributed by atoms with Crippen LogP contribution in [0.4, 0.5) is 5.69 Å². The Labute approximate surface area is 97.2 Å². The van der Waals surface area contributed by atoms with Gasteiger partial charge in [-0.2, -0.15) is 0 Å². The van der Waals surface area contributed by atoms with Crippen molar-refractivity contribution < 1.29 is 14.7 Å². The molecule has 0 aliphatic rings. The minimum absolute atomic E-state index is 0.0436. The van der Waals surface area contributed by atoms with Gasteiger partial charge < -0.3 is 16.2 Å². The van der Waals surface area contributed by atoms with Crippen molar-refractivity contribution >= 4 is 29.2 Å². The molecule has 0 atom stereocenters. The number of aromatic carboxylic acids is 1. The first-order valence-corrected chi connectivity index (χ1v) is 4.95. The number of rotatable bonds is 4. The van der Waals surface area contributed by atoms with Gasteiger partial charge in [0.1, 0.15) is 0 Å². The van der Waals surface area contributed by atoms with Crippen molar-refractivity contribution in [2.75, 3.05) is 11.9 Å². The fourth-order valence-corrected chi connectivity index (χ4v) is 1.32. The van der Waals surface area contributed by atoms with Crippen LogP contribution < -0.4 is 11.1 Å². The molecule has 1 aromatic rings. The van der Waals surface area contributed by atoms with Crippen LogP contribution in [0.15, 0.2) is 18.2 Å². The third kappa shape index (κ3) is 3.22. The molecule has 0 fully saturated rings. The van der Waals surface area contributed by atoms with E-state index in [1.54, 1.807) is 0 Å². The van der Waals surface area contributed by atoms with E-state index in [2.05, 4.69) is 5.32 Å². The molecule has 0 unspecified atom stereocenters. The zero-order valence-corrected chi connectivity index (χ0v) is 9.12. The van der Waals surface area contributed by atoms with Gasteiger partial charge in [0.25, 0.3) is 0 Å². The Kier molecular flexibility index (Phi) is 4.28. The highest BCUT2D eigenvalue weighted by Crippen LogP contribution is 2.20. The molecule has 0 saturated carbocycles. The van der Waals surface area contributed by atoms with Gasteiger partial charge in [-0.15, -0.1) is 0 Å². The molecule has 0 aliphatic heterocycles. The summed E-state index contributed by atoms with van der Waals surface area (Å²) in [6.45, 7) is 0.210. The molecule has 1 amide bonds. The average molecular weight is 243 g/mol. The third-order valence-corrected chi connectivity index (χ3v) is 2.09. The van der Waals surface area contributed by atoms with Gasteiger partial charge in [0, 0.05) is 18.0 Å². The molecule has 4 N–H and O–H groups in total. The maximum atomic E-state index is 11.3. The Morgan fingerprint density at radius 1 is 1.44 bits per heavy atom. The van der Waals surface area contributed by atoms with Crippen LogP contribution in [0.25, 0.3) is 0 Å². The topological polar surface area (TPSA) is 92.4 Å². The molecule has 1 aromatic carbocycles. The van der Waals surface area contributed by atoms with E-state index in [4.69, 9.17) is 22.4 Å². The number of hydrogen-bond donors (Lipinski definition) is 3. The van der Waals surface area contributed by atoms with Crippen molar-refractivity contribution in [3.63, 3.8) is 0 Å². The summed E-state index contributed by atoms with van der Waals surface area (Å²) in [6.07, 6.45) is 0.141. The Morgan fingerprint density at radius 2 is 2.12 bits per heavy atom. The summed E-state index contributed by atoms with van der Waals surface area (Å²) in [5.74, 6) is -1.47. The first kappa shape index (κ1) is 12.5. The summed E-state index contributed by atoms with van der Waals surface area (Å²) >= 11 is 5.66. The van der Waals surface area contributed by atoms with Crippen LogP contribution in [0.2, 0.25) is 5.02 Å². The minimum atomic E-state index is -1.15. The van der Waals surface area contributed by atoms with Crippen molar-refractivity contribution in [3.05, 3.63) is 28.8 Å². The van der Waals surface area contributed by atoms with Crippen LogP contribution in [-0.4, -0.2) is 23.5 Å². The van der Waals surface area contributed by atoms with Gasteiger partial charge in [-0.1, -0.05) is 11.6 Å². The summed E-state index contributed by atoms with van der Waals surface area (Å²) < 4.78 is 0. The summed E-state index contributed by atoms with van der Waals surface area (Å²) in [7, 11) is 0. The number of carbonyl (C=O) groups excluding carboxylic acids is 1. The van der Waals surface area contributed by atoms with Crippen LogP contribution >= 0.6 is 11.6 Å². The first-order chi connectivity index (χ1) is 7.54. The Morgan fingerprint density at radius 3 is 2.69 bits per heavy atom. The van der Waals surface area contributed by atoms with Crippen LogP contribution in [0.3, 0.4) is 0 Å². The molecule has 1 rings (SSSR count). The molecule has 0 spiro atoms. The number of anilines is 1. The number of carboxylic acids is 1. The number of carbonyl (C=O) groups is 2. The van der Waals surface area contributed by atoms with E-state index >= 15 is 0 Å². The molecule has 86 valence electrons. The number of carboxylic acid groups (broad SMARTS) is 1. The molecule has 0 aliphatic carbocycles. The van der Waals surface area contributed by atoms with Gasteiger partial charge in [-0.05, 0) is 18.2 Å². The highest BCUT2D eigenvalue weighted by atomic mass is 35.5. The van der Waals surface area contributed by atoms with Crippen molar-refractivity contribution in [3.8, 4) is 0 Å². The molecular formula is C10H11ClN2O3. The van der Waals surface area contributed by atoms with E-state index in [1.807, 2.05) is 0 Å². The van der Waals surface area contributed by atoms with E-state index in [0.717, 1.165) is 0 Å². The molecule has 6 heteroatoms. The van der Waals surface area contributed by atoms with Crippen molar-refractivity contribution in [1.29, 1.82) is 0 Å². The maximum Gasteiger partial charge on any atom is 0.337 e. The minimum Gasteiger partial charge on any atom is -0.478 e. The molecule has 5 nitrogen and oxygen atoms in total. The van der Waals surface area contributed by atoms with E-state index < -0.39 is 5.97 Å². The monoisotopic (exact) mass is 242 g/mol. The Hall–Kier alpha value is -1.59. The summed E-state index contributed by atoms with van der Waals surface area (Å²) in [5, 5.41) is 11.7. The standard InChI is InChI=1S/C10H11ClN2O3/c11-6-1-2-8(7(5-6)10(15)16)13-9(14)3-4-12/h1-2,5H,3-4,12H2,(H,13,14)(H,15,16). The van der Waals surface area contributed by atoms with Gasteiger partial charge >= 0.3 is 5.97 Å². The van der Waals surface area contributed by atoms with Gasteiger partial charge in [-0.3, -0.25) is 4.79 Å². The number of halogens is 1. The normalized spacial score (nSPS) is 9.88. The lowest BCUT2D eigenvalue weighted by Gasteiger charge is -2.08. The van der Waals surface area contributed by atoms with Gasteiger partial charge in [-0.25, -0.2) is 4.79 Å². The predicted molar refractivity (Wildman–Crippen MR) is 60.7 cm³/mol. The highest BCUT2D eigenvalue weighted by Gasteiger charge is 2.12. The fourth-order valence-electron chi connectivity index (χ4n) is 1.15. The van der Waals surface area contributed by atoms with Crippen molar-refractivity contribution in [2.45, 2.75) is 6.42 Å². The van der Waals surface area contributed by atoms with E-state index in [1.165, 1.54) is 18.2 Å². The first-order valence-electron chi connectivity index (χ1n) is 4.57. The molecule has 0 radical (unpaired) electrons. The quantitative estimate of drug-likeness (QED) is 0.743. The third-order valence-electron chi connectivity index (χ3n) is 1.86. The summed E-state index contributed by atoms with van der Waals surface area (Å²) in [5.41, 5.74) is 5.38. The van der Waals surface area contributed by atoms with Gasteiger partial charge in [0.15, 0.2) is 0 Å². The molecule has 16 heavy (non-hydrogen) atoms. The van der Waals surface area contributed by atoms with E-state index in [0.29, 0.717) is 5.02 Å². The number of amides is 1. The lowest BCUT2D eigenvalue weighted by molar-refractivity contribution is -0.116. The lowest BCUT2D eigenvalue weighted by atomic mass is 10.1. The van der Waals surface area contributed by atoms with Crippen molar-refractivity contribution in [1.82, 2.24) is 0 Å². The van der Waals surface area contributed by atoms with E-state index in [-0.39, 0.29) is 30.1 Å². The van der Waals surface area contributed by atoms with Gasteiger partial charge in [0.05, 0.1) is 11.3 Å². The van der Waals surface area contributed by atoms with Crippen LogP contribution in [-0.2, 0) is 4.79 Å². The molecule has 0 saturated heterocycles. The van der Waals surface area contributed by atoms with Crippen LogP contribution in [0.1, 0.15) is 16.8 Å². The second-order valence-electron chi connectivity index (χ2n) is 3.08. The molecule has 0 bridgehead atoms. The molecule has 0 heterocycles. The number of nitrogens with one attached hydrogen (secondary N) is 1. The maximum absolute atomic E-state index is 11.3. The van der Waals surface area contributed by atoms with Crippen molar-refractivity contribution in [2.24, 2.45) is 5.73 Å². The fraction of sp³-hybridized carbons (Fsp3) is 0.200. The molecule has 0 aromatic heterocycles. The summed E-state index contributed by atoms with van der Waals surface area (Å²) in [6, 6.07) is 4.23. The van der Waals surface area contributed by atoms with Crippen LogP contribution in [0, 0.1) is 0 Å². The zero-order valence-electron chi connectivity index (χ0n) is 8.37. The largest absolute Gasteiger partial charge is 0.478 e. The Bertz CT molecular complexity index is 421. The molecular weight excluding hydrogens is 232 g/mol. The summed E-state index contributed by atoms with van der Waals surface area (Å²) in [4.78, 5) is 22.1. The highest BCUT2D eigenvalue weighted by molar-refractivity contribution is 6.31. The SMILES string of the molecule is NCCC(=O)Nc1ccc(Cl)cc1C(=O)O. The smallest absolute Gasteiger partial charge is 0.337 e. The predicted octanol–water partition coefficient (Wildman–Crippen LogP) is 1.33. The Balaban J connectivity index is 2.95. The zero-order chi connectivity index (χ0) is 12.1. The number of hydrogen-bond acceptors (Lipinski definition) is 3.